The fourth-order valence-corrected chi connectivity index (χ4v) is 5.81. The second kappa shape index (κ2) is 7.36. The number of fused-ring (bicyclic) bond motifs is 2. The van der Waals surface area contributed by atoms with Crippen molar-refractivity contribution in [2.75, 3.05) is 13.6 Å². The summed E-state index contributed by atoms with van der Waals surface area (Å²) in [5, 5.41) is 0. The van der Waals surface area contributed by atoms with Crippen molar-refractivity contribution in [2.24, 2.45) is 5.73 Å². The number of piperidine rings is 1. The average Bonchev–Trinajstić information content (AvgIpc) is 3.02. The van der Waals surface area contributed by atoms with Crippen LogP contribution < -0.4 is 5.73 Å². The molecule has 0 radical (unpaired) electrons. The minimum Gasteiger partial charge on any atom is -0.324 e. The first-order valence-electron chi connectivity index (χ1n) is 10.6. The predicted octanol–water partition coefficient (Wildman–Crippen LogP) is 2.88. The lowest BCUT2D eigenvalue weighted by Gasteiger charge is -2.48. The van der Waals surface area contributed by atoms with Crippen LogP contribution in [-0.4, -0.2) is 63.9 Å². The summed E-state index contributed by atoms with van der Waals surface area (Å²) in [6.45, 7) is 4.79. The number of nitrogens with zero attached hydrogens (tertiary/aromatic N) is 3. The first-order chi connectivity index (χ1) is 13.7. The number of hydrogen-bond acceptors (Lipinski definition) is 4. The lowest BCUT2D eigenvalue weighted by Crippen LogP contribution is -2.61. The molecular formula is C22H31FN4O2. The van der Waals surface area contributed by atoms with Gasteiger partial charge in [-0.15, -0.1) is 0 Å². The SMILES string of the molecule is CC(C)N1C(=O)N(C)C(=O)C12CC1CCC(C2)N1CC[C@H](N)c1cccc(F)c1. The number of likely N-dealkylation sites (N-methyl/N-ethyl adjacent to an activating group) is 1. The van der Waals surface area contributed by atoms with E-state index in [1.165, 1.54) is 17.0 Å². The zero-order valence-electron chi connectivity index (χ0n) is 17.5. The summed E-state index contributed by atoms with van der Waals surface area (Å²) in [5.41, 5.74) is 6.43. The number of rotatable bonds is 5. The number of amides is 3. The number of carbonyl (C=O) groups excluding carboxylic acids is 2. The zero-order valence-corrected chi connectivity index (χ0v) is 17.5. The molecule has 2 N–H and O–H groups in total. The number of benzene rings is 1. The summed E-state index contributed by atoms with van der Waals surface area (Å²) >= 11 is 0. The Bertz CT molecular complexity index is 800. The van der Waals surface area contributed by atoms with E-state index >= 15 is 0 Å². The van der Waals surface area contributed by atoms with Crippen molar-refractivity contribution in [3.8, 4) is 0 Å². The molecule has 2 bridgehead atoms. The maximum Gasteiger partial charge on any atom is 0.327 e. The summed E-state index contributed by atoms with van der Waals surface area (Å²) in [4.78, 5) is 31.4. The van der Waals surface area contributed by atoms with Crippen LogP contribution in [-0.2, 0) is 4.79 Å². The molecule has 1 aromatic rings. The number of carbonyl (C=O) groups is 2. The van der Waals surface area contributed by atoms with E-state index in [-0.39, 0.29) is 41.9 Å². The van der Waals surface area contributed by atoms with Crippen molar-refractivity contribution in [1.29, 1.82) is 0 Å². The summed E-state index contributed by atoms with van der Waals surface area (Å²) in [6.07, 6.45) is 4.19. The van der Waals surface area contributed by atoms with E-state index < -0.39 is 5.54 Å². The number of nitrogens with two attached hydrogens (primary N) is 1. The minimum absolute atomic E-state index is 0.0104. The molecule has 3 amide bonds. The minimum atomic E-state index is -0.701. The molecule has 3 saturated heterocycles. The molecule has 7 heteroatoms. The molecule has 1 aromatic carbocycles. The zero-order chi connectivity index (χ0) is 20.9. The molecule has 3 atom stereocenters. The highest BCUT2D eigenvalue weighted by molar-refractivity contribution is 6.07. The van der Waals surface area contributed by atoms with Gasteiger partial charge in [0.15, 0.2) is 0 Å². The topological polar surface area (TPSA) is 69.9 Å². The predicted molar refractivity (Wildman–Crippen MR) is 109 cm³/mol. The first-order valence-corrected chi connectivity index (χ1v) is 10.6. The summed E-state index contributed by atoms with van der Waals surface area (Å²) in [7, 11) is 1.60. The van der Waals surface area contributed by atoms with Crippen molar-refractivity contribution in [1.82, 2.24) is 14.7 Å². The number of halogens is 1. The van der Waals surface area contributed by atoms with Gasteiger partial charge in [-0.2, -0.15) is 0 Å². The van der Waals surface area contributed by atoms with Gasteiger partial charge in [0.05, 0.1) is 0 Å². The number of urea groups is 1. The molecule has 3 fully saturated rings. The Balaban J connectivity index is 1.48. The third kappa shape index (κ3) is 3.24. The number of hydrogen-bond donors (Lipinski definition) is 1. The van der Waals surface area contributed by atoms with Gasteiger partial charge in [0.25, 0.3) is 5.91 Å². The maximum absolute atomic E-state index is 13.5. The molecule has 158 valence electrons. The Morgan fingerprint density at radius 3 is 2.45 bits per heavy atom. The van der Waals surface area contributed by atoms with Crippen LogP contribution in [0.3, 0.4) is 0 Å². The van der Waals surface area contributed by atoms with Gasteiger partial charge < -0.3 is 10.6 Å². The van der Waals surface area contributed by atoms with Crippen molar-refractivity contribution in [3.05, 3.63) is 35.6 Å². The van der Waals surface area contributed by atoms with Crippen molar-refractivity contribution >= 4 is 11.9 Å². The van der Waals surface area contributed by atoms with Crippen LogP contribution in [0.25, 0.3) is 0 Å². The van der Waals surface area contributed by atoms with Crippen molar-refractivity contribution in [3.63, 3.8) is 0 Å². The Morgan fingerprint density at radius 1 is 1.21 bits per heavy atom. The fourth-order valence-electron chi connectivity index (χ4n) is 5.81. The quantitative estimate of drug-likeness (QED) is 0.769. The second-order valence-electron chi connectivity index (χ2n) is 9.12. The van der Waals surface area contributed by atoms with Crippen LogP contribution in [0.15, 0.2) is 24.3 Å². The summed E-state index contributed by atoms with van der Waals surface area (Å²) in [6, 6.07) is 6.65. The third-order valence-corrected chi connectivity index (χ3v) is 7.07. The Kier molecular flexibility index (Phi) is 5.15. The highest BCUT2D eigenvalue weighted by Gasteiger charge is 2.62. The first kappa shape index (κ1) is 20.3. The third-order valence-electron chi connectivity index (χ3n) is 7.07. The second-order valence-corrected chi connectivity index (χ2v) is 9.12. The molecule has 0 aliphatic carbocycles. The lowest BCUT2D eigenvalue weighted by molar-refractivity contribution is -0.137. The molecule has 2 unspecified atom stereocenters. The highest BCUT2D eigenvalue weighted by Crippen LogP contribution is 2.48. The summed E-state index contributed by atoms with van der Waals surface area (Å²) in [5.74, 6) is -0.315. The monoisotopic (exact) mass is 402 g/mol. The van der Waals surface area contributed by atoms with Gasteiger partial charge >= 0.3 is 6.03 Å². The van der Waals surface area contributed by atoms with Gasteiger partial charge in [-0.05, 0) is 63.6 Å². The van der Waals surface area contributed by atoms with Gasteiger partial charge in [-0.3, -0.25) is 14.6 Å². The Hall–Kier alpha value is -1.99. The van der Waals surface area contributed by atoms with Crippen LogP contribution in [0.1, 0.15) is 57.6 Å². The Labute approximate surface area is 171 Å². The van der Waals surface area contributed by atoms with Gasteiger partial charge in [-0.25, -0.2) is 9.18 Å². The molecule has 6 nitrogen and oxygen atoms in total. The van der Waals surface area contributed by atoms with Gasteiger partial charge in [0.1, 0.15) is 11.4 Å². The molecule has 29 heavy (non-hydrogen) atoms. The van der Waals surface area contributed by atoms with E-state index in [9.17, 15) is 14.0 Å². The number of imide groups is 1. The van der Waals surface area contributed by atoms with Gasteiger partial charge in [0, 0.05) is 37.8 Å². The molecule has 0 saturated carbocycles. The maximum atomic E-state index is 13.5. The van der Waals surface area contributed by atoms with Crippen LogP contribution >= 0.6 is 0 Å². The summed E-state index contributed by atoms with van der Waals surface area (Å²) < 4.78 is 13.5. The lowest BCUT2D eigenvalue weighted by atomic mass is 9.80. The van der Waals surface area contributed by atoms with E-state index in [0.29, 0.717) is 12.8 Å². The normalized spacial score (nSPS) is 30.8. The highest BCUT2D eigenvalue weighted by atomic mass is 19.1. The molecule has 4 rings (SSSR count). The van der Waals surface area contributed by atoms with Crippen LogP contribution in [0.4, 0.5) is 9.18 Å². The van der Waals surface area contributed by atoms with Crippen molar-refractivity contribution < 1.29 is 14.0 Å². The molecule has 0 aromatic heterocycles. The van der Waals surface area contributed by atoms with Crippen LogP contribution in [0, 0.1) is 5.82 Å². The van der Waals surface area contributed by atoms with Gasteiger partial charge in [-0.1, -0.05) is 12.1 Å². The standard InChI is InChI=1S/C22H31FN4O2/c1-14(2)27-21(29)25(3)20(28)22(27)12-17-7-8-18(13-22)26(17)10-9-19(24)15-5-4-6-16(23)11-15/h4-6,11,14,17-19H,7-10,12-13,24H2,1-3H3/t17?,18?,19-,22?/m0/s1. The average molecular weight is 403 g/mol. The Morgan fingerprint density at radius 2 is 1.86 bits per heavy atom. The molecule has 1 spiro atoms. The smallest absolute Gasteiger partial charge is 0.324 e. The van der Waals surface area contributed by atoms with Crippen LogP contribution in [0.5, 0.6) is 0 Å². The molecular weight excluding hydrogens is 371 g/mol. The largest absolute Gasteiger partial charge is 0.327 e. The van der Waals surface area contributed by atoms with E-state index in [0.717, 1.165) is 31.4 Å². The van der Waals surface area contributed by atoms with E-state index in [4.69, 9.17) is 5.73 Å². The molecule has 3 aliphatic rings. The van der Waals surface area contributed by atoms with E-state index in [1.807, 2.05) is 24.8 Å². The van der Waals surface area contributed by atoms with E-state index in [2.05, 4.69) is 4.90 Å². The van der Waals surface area contributed by atoms with E-state index in [1.54, 1.807) is 13.1 Å². The fraction of sp³-hybridized carbons (Fsp3) is 0.636. The molecule has 3 heterocycles. The van der Waals surface area contributed by atoms with Crippen LogP contribution in [0.2, 0.25) is 0 Å². The van der Waals surface area contributed by atoms with Crippen molar-refractivity contribution in [2.45, 2.75) is 75.7 Å². The molecule has 3 aliphatic heterocycles. The van der Waals surface area contributed by atoms with Gasteiger partial charge in [0.2, 0.25) is 0 Å².